The van der Waals surface area contributed by atoms with Gasteiger partial charge < -0.3 is 26.0 Å². The summed E-state index contributed by atoms with van der Waals surface area (Å²) in [5, 5.41) is 20.9. The first-order valence-corrected chi connectivity index (χ1v) is 10.2. The number of rotatable bonds is 10. The van der Waals surface area contributed by atoms with E-state index in [0.717, 1.165) is 41.9 Å². The molecule has 12 heteroatoms. The summed E-state index contributed by atoms with van der Waals surface area (Å²) in [5.74, 6) is -2.43. The normalized spacial score (nSPS) is 13.6. The van der Waals surface area contributed by atoms with Gasteiger partial charge in [-0.25, -0.2) is 13.8 Å². The summed E-state index contributed by atoms with van der Waals surface area (Å²) in [6.45, 7) is 4.13. The third kappa shape index (κ3) is 5.92. The Labute approximate surface area is 179 Å². The number of nitrogen functional groups attached to an aromatic ring is 1. The molecule has 30 heavy (non-hydrogen) atoms. The highest BCUT2D eigenvalue weighted by Crippen LogP contribution is 2.35. The minimum Gasteiger partial charge on any atom is -0.481 e. The van der Waals surface area contributed by atoms with E-state index in [1.54, 1.807) is 0 Å². The van der Waals surface area contributed by atoms with Crippen molar-refractivity contribution in [3.05, 3.63) is 47.3 Å². The largest absolute Gasteiger partial charge is 0.481 e. The molecule has 0 spiro atoms. The second kappa shape index (κ2) is 10.9. The Morgan fingerprint density at radius 3 is 2.87 bits per heavy atom. The zero-order chi connectivity index (χ0) is 22.3. The van der Waals surface area contributed by atoms with Crippen LogP contribution in [0.2, 0.25) is 0 Å². The smallest absolute Gasteiger partial charge is 0.277 e. The maximum absolute atomic E-state index is 14.2. The number of carbonyl (C=O) groups is 1. The molecule has 2 rings (SSSR count). The van der Waals surface area contributed by atoms with Gasteiger partial charge in [0.2, 0.25) is 5.06 Å². The summed E-state index contributed by atoms with van der Waals surface area (Å²) < 4.78 is 37.4. The van der Waals surface area contributed by atoms with Crippen molar-refractivity contribution in [2.24, 2.45) is 0 Å². The fraction of sp³-hybridized carbons (Fsp3) is 0.278. The molecule has 1 amide bonds. The number of carbonyl (C=O) groups excluding carboxylic acids is 1. The zero-order valence-corrected chi connectivity index (χ0v) is 17.5. The lowest BCUT2D eigenvalue weighted by Crippen LogP contribution is -2.17. The number of anilines is 2. The van der Waals surface area contributed by atoms with Crippen molar-refractivity contribution >= 4 is 45.0 Å². The molecule has 0 aromatic carbocycles. The average Bonchev–Trinajstić information content (AvgIpc) is 3.28. The lowest BCUT2D eigenvalue weighted by molar-refractivity contribution is 0.0759. The molecule has 0 aliphatic rings. The molecule has 0 fully saturated rings. The molecule has 8 nitrogen and oxygen atoms in total. The number of aromatic nitrogens is 2. The summed E-state index contributed by atoms with van der Waals surface area (Å²) in [4.78, 5) is 16.6. The third-order valence-corrected chi connectivity index (χ3v) is 5.23. The number of aliphatic hydroxyl groups is 2. The Bertz CT molecular complexity index is 967. The minimum absolute atomic E-state index is 0.0237. The average molecular weight is 459 g/mol. The first-order valence-electron chi connectivity index (χ1n) is 8.57. The summed E-state index contributed by atoms with van der Waals surface area (Å²) in [7, 11) is 0. The number of aliphatic hydroxyl groups excluding tert-OH is 2. The van der Waals surface area contributed by atoms with Crippen LogP contribution in [0.4, 0.5) is 19.5 Å². The predicted octanol–water partition coefficient (Wildman–Crippen LogP) is 3.30. The van der Waals surface area contributed by atoms with Crippen LogP contribution in [-0.2, 0) is 0 Å². The third-order valence-electron chi connectivity index (χ3n) is 3.61. The second-order valence-corrected chi connectivity index (χ2v) is 7.64. The van der Waals surface area contributed by atoms with Crippen molar-refractivity contribution in [3.8, 4) is 5.06 Å². The van der Waals surface area contributed by atoms with Gasteiger partial charge in [-0.2, -0.15) is 4.37 Å². The summed E-state index contributed by atoms with van der Waals surface area (Å²) in [5.41, 5.74) is 5.48. The Morgan fingerprint density at radius 2 is 2.23 bits per heavy atom. The predicted molar refractivity (Wildman–Crippen MR) is 113 cm³/mol. The number of allylic oxidation sites excluding steroid dienone is 5. The first-order chi connectivity index (χ1) is 14.3. The second-order valence-electron chi connectivity index (χ2n) is 5.85. The maximum Gasteiger partial charge on any atom is 0.277 e. The highest BCUT2D eigenvalue weighted by molar-refractivity contribution is 7.17. The van der Waals surface area contributed by atoms with Crippen molar-refractivity contribution in [1.29, 1.82) is 0 Å². The van der Waals surface area contributed by atoms with E-state index < -0.39 is 35.8 Å². The summed E-state index contributed by atoms with van der Waals surface area (Å²) in [6, 6.07) is 0. The molecule has 2 aromatic heterocycles. The van der Waals surface area contributed by atoms with Crippen LogP contribution < -0.4 is 15.8 Å². The number of hydrogen-bond acceptors (Lipinski definition) is 9. The topological polar surface area (TPSA) is 131 Å². The number of thiazole rings is 1. The Morgan fingerprint density at radius 1 is 1.50 bits per heavy atom. The molecule has 5 N–H and O–H groups in total. The number of nitrogens with zero attached hydrogens (tertiary/aromatic N) is 2. The Kier molecular flexibility index (Phi) is 8.59. The highest BCUT2D eigenvalue weighted by Gasteiger charge is 2.23. The molecule has 0 saturated carbocycles. The summed E-state index contributed by atoms with van der Waals surface area (Å²) >= 11 is 1.74. The van der Waals surface area contributed by atoms with Crippen LogP contribution in [0.15, 0.2) is 36.6 Å². The molecular weight excluding hydrogens is 438 g/mol. The fourth-order valence-corrected chi connectivity index (χ4v) is 3.69. The number of nitrogens with two attached hydrogens (primary N) is 1. The monoisotopic (exact) mass is 458 g/mol. The van der Waals surface area contributed by atoms with Crippen molar-refractivity contribution in [2.75, 3.05) is 24.3 Å². The fourth-order valence-electron chi connectivity index (χ4n) is 2.18. The van der Waals surface area contributed by atoms with E-state index in [4.69, 9.17) is 15.6 Å². The molecule has 0 saturated heterocycles. The van der Waals surface area contributed by atoms with Gasteiger partial charge in [0.1, 0.15) is 27.3 Å². The van der Waals surface area contributed by atoms with E-state index in [0.29, 0.717) is 0 Å². The SMILES string of the molecule is C=C/C=C(F)\C(=C(/C)F)c1nc(C(=O)Nc2cnsc2OCCC(O)CO)c(N)s1. The van der Waals surface area contributed by atoms with Crippen molar-refractivity contribution in [2.45, 2.75) is 19.4 Å². The summed E-state index contributed by atoms with van der Waals surface area (Å²) in [6.07, 6.45) is 2.76. The van der Waals surface area contributed by atoms with E-state index >= 15 is 0 Å². The van der Waals surface area contributed by atoms with E-state index in [1.165, 1.54) is 6.20 Å². The molecule has 162 valence electrons. The molecular formula is C18H20F2N4O4S2. The van der Waals surface area contributed by atoms with Crippen molar-refractivity contribution in [1.82, 2.24) is 9.36 Å². The molecule has 0 aliphatic heterocycles. The molecule has 0 radical (unpaired) electrons. The van der Waals surface area contributed by atoms with Crippen LogP contribution in [0.25, 0.3) is 5.57 Å². The lowest BCUT2D eigenvalue weighted by Gasteiger charge is -2.09. The molecule has 1 unspecified atom stereocenters. The Balaban J connectivity index is 2.18. The molecule has 1 atom stereocenters. The van der Waals surface area contributed by atoms with Crippen LogP contribution in [0.5, 0.6) is 5.06 Å². The van der Waals surface area contributed by atoms with Gasteiger partial charge in [-0.1, -0.05) is 24.0 Å². The number of halogens is 2. The lowest BCUT2D eigenvalue weighted by atomic mass is 10.2. The van der Waals surface area contributed by atoms with Gasteiger partial charge in [0.15, 0.2) is 5.69 Å². The maximum atomic E-state index is 14.2. The van der Waals surface area contributed by atoms with Crippen LogP contribution in [0, 0.1) is 0 Å². The van der Waals surface area contributed by atoms with Gasteiger partial charge >= 0.3 is 0 Å². The zero-order valence-electron chi connectivity index (χ0n) is 15.9. The van der Waals surface area contributed by atoms with Gasteiger partial charge in [0, 0.05) is 18.0 Å². The van der Waals surface area contributed by atoms with Gasteiger partial charge in [0.05, 0.1) is 31.1 Å². The van der Waals surface area contributed by atoms with Crippen LogP contribution in [0.1, 0.15) is 28.8 Å². The van der Waals surface area contributed by atoms with E-state index in [1.807, 2.05) is 0 Å². The molecule has 2 aromatic rings. The standard InChI is InChI=1S/C18H20F2N4O4S2/c1-3-4-11(20)13(9(2)19)17-24-14(15(21)29-17)16(27)23-12-7-22-30-18(12)28-6-5-10(26)8-25/h3-4,7,10,25-26H,1,5-6,8,21H2,2H3,(H,23,27)/b11-4+,13-9-. The van der Waals surface area contributed by atoms with Gasteiger partial charge in [-0.15, -0.1) is 0 Å². The van der Waals surface area contributed by atoms with Gasteiger partial charge in [0.25, 0.3) is 5.91 Å². The quantitative estimate of drug-likeness (QED) is 0.402. The van der Waals surface area contributed by atoms with Crippen molar-refractivity contribution in [3.63, 3.8) is 0 Å². The van der Waals surface area contributed by atoms with Crippen molar-refractivity contribution < 1.29 is 28.5 Å². The van der Waals surface area contributed by atoms with Crippen LogP contribution in [0.3, 0.4) is 0 Å². The van der Waals surface area contributed by atoms with E-state index in [9.17, 15) is 18.7 Å². The molecule has 0 aliphatic carbocycles. The molecule has 2 heterocycles. The minimum atomic E-state index is -0.916. The Hall–Kier alpha value is -2.67. The number of amides is 1. The van der Waals surface area contributed by atoms with E-state index in [2.05, 4.69) is 21.3 Å². The molecule has 0 bridgehead atoms. The number of hydrogen-bond donors (Lipinski definition) is 4. The van der Waals surface area contributed by atoms with E-state index in [-0.39, 0.29) is 39.5 Å². The first kappa shape index (κ1) is 23.6. The van der Waals surface area contributed by atoms with Gasteiger partial charge in [-0.05, 0) is 13.0 Å². The highest BCUT2D eigenvalue weighted by atomic mass is 32.1. The number of ether oxygens (including phenoxy) is 1. The van der Waals surface area contributed by atoms with Crippen LogP contribution in [-0.4, -0.2) is 44.8 Å². The number of nitrogens with one attached hydrogen (secondary N) is 1. The van der Waals surface area contributed by atoms with Crippen LogP contribution >= 0.6 is 22.9 Å². The van der Waals surface area contributed by atoms with Gasteiger partial charge in [-0.3, -0.25) is 4.79 Å².